The Bertz CT molecular complexity index is 720. The van der Waals surface area contributed by atoms with E-state index in [0.717, 1.165) is 0 Å². The van der Waals surface area contributed by atoms with E-state index >= 15 is 0 Å². The zero-order chi connectivity index (χ0) is 25.0. The second kappa shape index (κ2) is 14.2. The standard InChI is InChI=1S/C18H32N6O7S/c1-3-8(2)14(17(29)23-11(18(30)31)6-13(21)26)24-16(28)10(4-5-12(20)25)22-15(27)9(19)7-32/h8-11,14,32H,3-7,19H2,1-2H3,(H2,20,25)(H2,21,26)(H,22,27)(H,23,29)(H,24,28)(H,30,31). The molecule has 13 nitrogen and oxygen atoms in total. The highest BCUT2D eigenvalue weighted by atomic mass is 32.1. The number of thiol groups is 1. The fourth-order valence-electron chi connectivity index (χ4n) is 2.54. The fraction of sp³-hybridized carbons (Fsp3) is 0.667. The van der Waals surface area contributed by atoms with E-state index in [-0.39, 0.29) is 18.6 Å². The van der Waals surface area contributed by atoms with Gasteiger partial charge < -0.3 is 38.3 Å². The van der Waals surface area contributed by atoms with Gasteiger partial charge in [0.05, 0.1) is 12.5 Å². The first-order chi connectivity index (χ1) is 14.8. The van der Waals surface area contributed by atoms with Crippen molar-refractivity contribution in [3.63, 3.8) is 0 Å². The third-order valence-corrected chi connectivity index (χ3v) is 5.05. The summed E-state index contributed by atoms with van der Waals surface area (Å²) in [7, 11) is 0. The quantitative estimate of drug-likeness (QED) is 0.113. The number of aliphatic carboxylic acids is 1. The van der Waals surface area contributed by atoms with Crippen LogP contribution in [-0.2, 0) is 28.8 Å². The van der Waals surface area contributed by atoms with E-state index in [9.17, 15) is 33.9 Å². The maximum atomic E-state index is 12.8. The molecule has 5 unspecified atom stereocenters. The molecule has 0 saturated heterocycles. The molecule has 10 N–H and O–H groups in total. The average molecular weight is 477 g/mol. The summed E-state index contributed by atoms with van der Waals surface area (Å²) in [6, 6.07) is -5.03. The number of hydrogen-bond donors (Lipinski definition) is 8. The zero-order valence-electron chi connectivity index (χ0n) is 18.0. The third kappa shape index (κ3) is 10.4. The van der Waals surface area contributed by atoms with Crippen molar-refractivity contribution < 1.29 is 33.9 Å². The molecule has 0 saturated carbocycles. The number of carboxylic acids is 1. The fourth-order valence-corrected chi connectivity index (χ4v) is 2.70. The maximum Gasteiger partial charge on any atom is 0.326 e. The minimum absolute atomic E-state index is 0.00430. The Labute approximate surface area is 191 Å². The van der Waals surface area contributed by atoms with E-state index in [1.54, 1.807) is 13.8 Å². The Morgan fingerprint density at radius 3 is 1.91 bits per heavy atom. The van der Waals surface area contributed by atoms with Gasteiger partial charge in [0.1, 0.15) is 18.1 Å². The van der Waals surface area contributed by atoms with Gasteiger partial charge in [0.2, 0.25) is 29.5 Å². The van der Waals surface area contributed by atoms with Crippen molar-refractivity contribution >= 4 is 48.1 Å². The Hall–Kier alpha value is -2.87. The van der Waals surface area contributed by atoms with Crippen LogP contribution in [0.1, 0.15) is 39.5 Å². The second-order valence-electron chi connectivity index (χ2n) is 7.30. The van der Waals surface area contributed by atoms with Crippen LogP contribution in [0.15, 0.2) is 0 Å². The van der Waals surface area contributed by atoms with E-state index in [4.69, 9.17) is 17.2 Å². The summed E-state index contributed by atoms with van der Waals surface area (Å²) in [6.07, 6.45) is -0.592. The van der Waals surface area contributed by atoms with Crippen molar-refractivity contribution in [2.75, 3.05) is 5.75 Å². The maximum absolute atomic E-state index is 12.8. The molecule has 0 heterocycles. The molecule has 0 spiro atoms. The number of hydrogen-bond acceptors (Lipinski definition) is 8. The van der Waals surface area contributed by atoms with E-state index in [1.165, 1.54) is 0 Å². The van der Waals surface area contributed by atoms with E-state index in [2.05, 4.69) is 28.6 Å². The number of amides is 5. The molecule has 182 valence electrons. The predicted molar refractivity (Wildman–Crippen MR) is 117 cm³/mol. The van der Waals surface area contributed by atoms with Gasteiger partial charge in [-0.05, 0) is 12.3 Å². The van der Waals surface area contributed by atoms with Crippen LogP contribution in [0, 0.1) is 5.92 Å². The van der Waals surface area contributed by atoms with Gasteiger partial charge in [-0.2, -0.15) is 12.6 Å². The summed E-state index contributed by atoms with van der Waals surface area (Å²) in [5.74, 6) is -5.90. The number of carbonyl (C=O) groups is 6. The molecule has 0 aliphatic rings. The highest BCUT2D eigenvalue weighted by molar-refractivity contribution is 7.80. The van der Waals surface area contributed by atoms with Gasteiger partial charge in [-0.15, -0.1) is 0 Å². The summed E-state index contributed by atoms with van der Waals surface area (Å²) >= 11 is 3.91. The largest absolute Gasteiger partial charge is 0.480 e. The first-order valence-electron chi connectivity index (χ1n) is 9.90. The molecule has 32 heavy (non-hydrogen) atoms. The minimum atomic E-state index is -1.58. The van der Waals surface area contributed by atoms with Crippen LogP contribution in [0.3, 0.4) is 0 Å². The van der Waals surface area contributed by atoms with E-state index < -0.39 is 72.0 Å². The first kappa shape index (κ1) is 29.1. The molecule has 0 rings (SSSR count). The summed E-state index contributed by atoms with van der Waals surface area (Å²) in [6.45, 7) is 3.38. The Morgan fingerprint density at radius 1 is 0.906 bits per heavy atom. The van der Waals surface area contributed by atoms with Gasteiger partial charge >= 0.3 is 5.97 Å². The zero-order valence-corrected chi connectivity index (χ0v) is 18.9. The molecule has 0 bridgehead atoms. The van der Waals surface area contributed by atoms with Gasteiger partial charge in [0, 0.05) is 12.2 Å². The van der Waals surface area contributed by atoms with Gasteiger partial charge in [-0.25, -0.2) is 4.79 Å². The number of primary amides is 2. The molecule has 0 aromatic rings. The number of nitrogens with one attached hydrogen (secondary N) is 3. The SMILES string of the molecule is CCC(C)C(NC(=O)C(CCC(N)=O)NC(=O)C(N)CS)C(=O)NC(CC(N)=O)C(=O)O. The molecule has 0 aromatic carbocycles. The molecule has 0 radical (unpaired) electrons. The van der Waals surface area contributed by atoms with E-state index in [1.807, 2.05) is 0 Å². The molecular weight excluding hydrogens is 444 g/mol. The second-order valence-corrected chi connectivity index (χ2v) is 7.66. The Balaban J connectivity index is 5.59. The summed E-state index contributed by atoms with van der Waals surface area (Å²) in [4.78, 5) is 71.2. The number of rotatable bonds is 15. The van der Waals surface area contributed by atoms with Gasteiger partial charge in [0.25, 0.3) is 0 Å². The molecule has 14 heteroatoms. The van der Waals surface area contributed by atoms with Crippen LogP contribution in [-0.4, -0.2) is 70.5 Å². The lowest BCUT2D eigenvalue weighted by molar-refractivity contribution is -0.144. The Morgan fingerprint density at radius 2 is 1.47 bits per heavy atom. The van der Waals surface area contributed by atoms with Crippen molar-refractivity contribution in [1.29, 1.82) is 0 Å². The lowest BCUT2D eigenvalue weighted by Gasteiger charge is -2.27. The van der Waals surface area contributed by atoms with Gasteiger partial charge in [-0.1, -0.05) is 20.3 Å². The van der Waals surface area contributed by atoms with Crippen molar-refractivity contribution in [1.82, 2.24) is 16.0 Å². The molecule has 0 aliphatic carbocycles. The highest BCUT2D eigenvalue weighted by Crippen LogP contribution is 2.10. The van der Waals surface area contributed by atoms with Crippen LogP contribution >= 0.6 is 12.6 Å². The lowest BCUT2D eigenvalue weighted by Crippen LogP contribution is -2.59. The summed E-state index contributed by atoms with van der Waals surface area (Å²) in [5.41, 5.74) is 15.7. The highest BCUT2D eigenvalue weighted by Gasteiger charge is 2.33. The molecular formula is C18H32N6O7S. The molecule has 0 aliphatic heterocycles. The van der Waals surface area contributed by atoms with Crippen LogP contribution in [0.5, 0.6) is 0 Å². The first-order valence-corrected chi connectivity index (χ1v) is 10.5. The van der Waals surface area contributed by atoms with Gasteiger partial charge in [0.15, 0.2) is 0 Å². The van der Waals surface area contributed by atoms with Crippen LogP contribution < -0.4 is 33.2 Å². The van der Waals surface area contributed by atoms with Crippen LogP contribution in [0.2, 0.25) is 0 Å². The minimum Gasteiger partial charge on any atom is -0.480 e. The van der Waals surface area contributed by atoms with Gasteiger partial charge in [-0.3, -0.25) is 24.0 Å². The van der Waals surface area contributed by atoms with Crippen molar-refractivity contribution in [3.05, 3.63) is 0 Å². The average Bonchev–Trinajstić information content (AvgIpc) is 2.71. The normalized spacial score (nSPS) is 15.4. The monoisotopic (exact) mass is 476 g/mol. The van der Waals surface area contributed by atoms with Crippen LogP contribution in [0.4, 0.5) is 0 Å². The van der Waals surface area contributed by atoms with Crippen molar-refractivity contribution in [3.8, 4) is 0 Å². The van der Waals surface area contributed by atoms with Crippen LogP contribution in [0.25, 0.3) is 0 Å². The molecule has 0 aromatic heterocycles. The Kier molecular flexibility index (Phi) is 13.0. The predicted octanol–water partition coefficient (Wildman–Crippen LogP) is -3.03. The molecule has 0 fully saturated rings. The van der Waals surface area contributed by atoms with Crippen molar-refractivity contribution in [2.24, 2.45) is 23.1 Å². The number of nitrogens with two attached hydrogens (primary N) is 3. The lowest BCUT2D eigenvalue weighted by atomic mass is 9.97. The third-order valence-electron chi connectivity index (χ3n) is 4.66. The molecule has 5 atom stereocenters. The smallest absolute Gasteiger partial charge is 0.326 e. The number of carbonyl (C=O) groups excluding carboxylic acids is 5. The molecule has 5 amide bonds. The van der Waals surface area contributed by atoms with Crippen molar-refractivity contribution in [2.45, 2.75) is 63.7 Å². The number of carboxylic acid groups (broad SMARTS) is 1. The summed E-state index contributed by atoms with van der Waals surface area (Å²) in [5, 5.41) is 16.2. The topological polar surface area (TPSA) is 237 Å². The summed E-state index contributed by atoms with van der Waals surface area (Å²) < 4.78 is 0. The van der Waals surface area contributed by atoms with E-state index in [0.29, 0.717) is 6.42 Å².